The molecule has 0 fully saturated rings. The van der Waals surface area contributed by atoms with Gasteiger partial charge in [0.1, 0.15) is 0 Å². The molecule has 124 valence electrons. The SMILES string of the molecule is CC[C@@H](C)[C@@H](C)NC(=O)Nc1cc(CS(C)(=O)=O)ccc1Cl. The molecule has 2 atom stereocenters. The summed E-state index contributed by atoms with van der Waals surface area (Å²) in [5.74, 6) is 0.266. The third kappa shape index (κ3) is 6.23. The van der Waals surface area contributed by atoms with Gasteiger partial charge in [0.2, 0.25) is 0 Å². The van der Waals surface area contributed by atoms with E-state index in [0.29, 0.717) is 22.2 Å². The first kappa shape index (κ1) is 18.8. The van der Waals surface area contributed by atoms with Crippen molar-refractivity contribution >= 4 is 33.2 Å². The number of hydrogen-bond acceptors (Lipinski definition) is 3. The lowest BCUT2D eigenvalue weighted by molar-refractivity contribution is 0.244. The first-order valence-electron chi connectivity index (χ1n) is 7.16. The van der Waals surface area contributed by atoms with E-state index in [0.717, 1.165) is 12.7 Å². The van der Waals surface area contributed by atoms with E-state index in [2.05, 4.69) is 24.5 Å². The third-order valence-corrected chi connectivity index (χ3v) is 4.75. The van der Waals surface area contributed by atoms with E-state index in [1.807, 2.05) is 6.92 Å². The molecule has 0 radical (unpaired) electrons. The Morgan fingerprint density at radius 2 is 1.95 bits per heavy atom. The van der Waals surface area contributed by atoms with Crippen molar-refractivity contribution in [2.75, 3.05) is 11.6 Å². The van der Waals surface area contributed by atoms with E-state index in [1.165, 1.54) is 0 Å². The summed E-state index contributed by atoms with van der Waals surface area (Å²) in [4.78, 5) is 12.0. The van der Waals surface area contributed by atoms with E-state index in [1.54, 1.807) is 18.2 Å². The van der Waals surface area contributed by atoms with E-state index in [9.17, 15) is 13.2 Å². The molecular weight excluding hydrogens is 324 g/mol. The van der Waals surface area contributed by atoms with Gasteiger partial charge in [0.25, 0.3) is 0 Å². The number of anilines is 1. The van der Waals surface area contributed by atoms with E-state index in [-0.39, 0.29) is 17.8 Å². The monoisotopic (exact) mass is 346 g/mol. The topological polar surface area (TPSA) is 75.3 Å². The van der Waals surface area contributed by atoms with Crippen LogP contribution in [0.2, 0.25) is 5.02 Å². The van der Waals surface area contributed by atoms with Gasteiger partial charge < -0.3 is 10.6 Å². The van der Waals surface area contributed by atoms with Crippen molar-refractivity contribution in [3.8, 4) is 0 Å². The summed E-state index contributed by atoms with van der Waals surface area (Å²) in [5, 5.41) is 5.88. The van der Waals surface area contributed by atoms with E-state index in [4.69, 9.17) is 11.6 Å². The van der Waals surface area contributed by atoms with Crippen LogP contribution >= 0.6 is 11.6 Å². The van der Waals surface area contributed by atoms with Gasteiger partial charge in [-0.15, -0.1) is 0 Å². The van der Waals surface area contributed by atoms with Crippen LogP contribution in [0.5, 0.6) is 0 Å². The standard InChI is InChI=1S/C15H23ClN2O3S/c1-5-10(2)11(3)17-15(19)18-14-8-12(6-7-13(14)16)9-22(4,20)21/h6-8,10-11H,5,9H2,1-4H3,(H2,17,18,19)/t10-,11-/m1/s1. The number of halogens is 1. The van der Waals surface area contributed by atoms with Crippen LogP contribution in [0.3, 0.4) is 0 Å². The molecule has 2 amide bonds. The number of hydrogen-bond donors (Lipinski definition) is 2. The highest BCUT2D eigenvalue weighted by molar-refractivity contribution is 7.89. The van der Waals surface area contributed by atoms with Crippen LogP contribution in [0.4, 0.5) is 10.5 Å². The van der Waals surface area contributed by atoms with Gasteiger partial charge in [-0.3, -0.25) is 0 Å². The molecular formula is C15H23ClN2O3S. The highest BCUT2D eigenvalue weighted by Gasteiger charge is 2.14. The molecule has 0 unspecified atom stereocenters. The summed E-state index contributed by atoms with van der Waals surface area (Å²) >= 11 is 6.05. The van der Waals surface area contributed by atoms with E-state index < -0.39 is 9.84 Å². The number of benzene rings is 1. The summed E-state index contributed by atoms with van der Waals surface area (Å²) in [6.07, 6.45) is 2.13. The largest absolute Gasteiger partial charge is 0.335 e. The second-order valence-corrected chi connectivity index (χ2v) is 8.20. The summed E-state index contributed by atoms with van der Waals surface area (Å²) in [7, 11) is -3.14. The molecule has 7 heteroatoms. The number of rotatable bonds is 6. The normalized spacial score (nSPS) is 14.2. The number of carbonyl (C=O) groups is 1. The van der Waals surface area contributed by atoms with Crippen LogP contribution < -0.4 is 10.6 Å². The Morgan fingerprint density at radius 3 is 2.50 bits per heavy atom. The number of nitrogens with one attached hydrogen (secondary N) is 2. The molecule has 1 aromatic rings. The highest BCUT2D eigenvalue weighted by Crippen LogP contribution is 2.24. The van der Waals surface area contributed by atoms with Gasteiger partial charge in [-0.25, -0.2) is 13.2 Å². The van der Waals surface area contributed by atoms with Crippen molar-refractivity contribution < 1.29 is 13.2 Å². The lowest BCUT2D eigenvalue weighted by atomic mass is 10.0. The Labute approximate surface area is 137 Å². The maximum absolute atomic E-state index is 12.0. The van der Waals surface area contributed by atoms with Gasteiger partial charge in [0, 0.05) is 12.3 Å². The van der Waals surface area contributed by atoms with Crippen LogP contribution in [-0.2, 0) is 15.6 Å². The molecule has 0 spiro atoms. The molecule has 0 aliphatic carbocycles. The fourth-order valence-corrected chi connectivity index (χ4v) is 2.87. The summed E-state index contributed by atoms with van der Waals surface area (Å²) < 4.78 is 22.7. The lowest BCUT2D eigenvalue weighted by Gasteiger charge is -2.20. The van der Waals surface area contributed by atoms with Crippen molar-refractivity contribution in [2.45, 2.75) is 39.0 Å². The van der Waals surface area contributed by atoms with Crippen LogP contribution in [0.25, 0.3) is 0 Å². The molecule has 1 rings (SSSR count). The predicted molar refractivity (Wildman–Crippen MR) is 91.1 cm³/mol. The van der Waals surface area contributed by atoms with Gasteiger partial charge in [-0.1, -0.05) is 37.9 Å². The predicted octanol–water partition coefficient (Wildman–Crippen LogP) is 3.44. The maximum Gasteiger partial charge on any atom is 0.319 e. The first-order valence-corrected chi connectivity index (χ1v) is 9.60. The van der Waals surface area contributed by atoms with Crippen LogP contribution in [0, 0.1) is 5.92 Å². The molecule has 5 nitrogen and oxygen atoms in total. The number of carbonyl (C=O) groups excluding carboxylic acids is 1. The molecule has 0 aromatic heterocycles. The lowest BCUT2D eigenvalue weighted by Crippen LogP contribution is -2.39. The van der Waals surface area contributed by atoms with Gasteiger partial charge in [-0.05, 0) is 30.5 Å². The highest BCUT2D eigenvalue weighted by atomic mass is 35.5. The van der Waals surface area contributed by atoms with Gasteiger partial charge in [0.05, 0.1) is 16.5 Å². The van der Waals surface area contributed by atoms with Crippen molar-refractivity contribution in [3.05, 3.63) is 28.8 Å². The Hall–Kier alpha value is -1.27. The fourth-order valence-electron chi connectivity index (χ4n) is 1.92. The van der Waals surface area contributed by atoms with Crippen molar-refractivity contribution in [1.82, 2.24) is 5.32 Å². The molecule has 2 N–H and O–H groups in total. The average molecular weight is 347 g/mol. The van der Waals surface area contributed by atoms with Crippen molar-refractivity contribution in [3.63, 3.8) is 0 Å². The Bertz CT molecular complexity index is 632. The van der Waals surface area contributed by atoms with Gasteiger partial charge >= 0.3 is 6.03 Å². The number of urea groups is 1. The summed E-state index contributed by atoms with van der Waals surface area (Å²) in [6.45, 7) is 6.06. The number of sulfone groups is 1. The zero-order valence-electron chi connectivity index (χ0n) is 13.3. The second kappa shape index (κ2) is 7.83. The third-order valence-electron chi connectivity index (χ3n) is 3.56. The summed E-state index contributed by atoms with van der Waals surface area (Å²) in [5.41, 5.74) is 0.980. The van der Waals surface area contributed by atoms with Crippen molar-refractivity contribution in [2.24, 2.45) is 5.92 Å². The van der Waals surface area contributed by atoms with Gasteiger partial charge in [0.15, 0.2) is 9.84 Å². The van der Waals surface area contributed by atoms with Crippen molar-refractivity contribution in [1.29, 1.82) is 0 Å². The zero-order chi connectivity index (χ0) is 16.9. The minimum atomic E-state index is -3.14. The quantitative estimate of drug-likeness (QED) is 0.828. The summed E-state index contributed by atoms with van der Waals surface area (Å²) in [6, 6.07) is 4.47. The minimum absolute atomic E-state index is 0.0305. The molecule has 0 aliphatic rings. The molecule has 0 saturated heterocycles. The maximum atomic E-state index is 12.0. The van der Waals surface area contributed by atoms with E-state index >= 15 is 0 Å². The first-order chi connectivity index (χ1) is 10.1. The smallest absolute Gasteiger partial charge is 0.319 e. The molecule has 0 heterocycles. The van der Waals surface area contributed by atoms with Gasteiger partial charge in [-0.2, -0.15) is 0 Å². The molecule has 0 saturated carbocycles. The number of amides is 2. The van der Waals surface area contributed by atoms with Crippen LogP contribution in [0.1, 0.15) is 32.8 Å². The van der Waals surface area contributed by atoms with Crippen LogP contribution in [0.15, 0.2) is 18.2 Å². The molecule has 0 aliphatic heterocycles. The molecule has 1 aromatic carbocycles. The Kier molecular flexibility index (Phi) is 6.68. The fraction of sp³-hybridized carbons (Fsp3) is 0.533. The second-order valence-electron chi connectivity index (χ2n) is 5.66. The molecule has 0 bridgehead atoms. The average Bonchev–Trinajstić information content (AvgIpc) is 2.39. The Morgan fingerprint density at radius 1 is 1.32 bits per heavy atom. The Balaban J connectivity index is 2.80. The molecule has 22 heavy (non-hydrogen) atoms. The zero-order valence-corrected chi connectivity index (χ0v) is 14.9. The minimum Gasteiger partial charge on any atom is -0.335 e. The van der Waals surface area contributed by atoms with Crippen LogP contribution in [-0.4, -0.2) is 26.7 Å².